The summed E-state index contributed by atoms with van der Waals surface area (Å²) in [4.78, 5) is 15.5. The average molecular weight is 208 g/mol. The van der Waals surface area contributed by atoms with Gasteiger partial charge in [-0.1, -0.05) is 19.9 Å². The molecule has 0 aliphatic carbocycles. The van der Waals surface area contributed by atoms with Gasteiger partial charge in [-0.05, 0) is 24.5 Å². The van der Waals surface area contributed by atoms with E-state index in [1.165, 1.54) is 0 Å². The molecule has 1 heterocycles. The molecule has 0 aromatic carbocycles. The van der Waals surface area contributed by atoms with E-state index in [1.807, 2.05) is 13.0 Å². The lowest BCUT2D eigenvalue weighted by Gasteiger charge is -2.13. The van der Waals surface area contributed by atoms with Crippen molar-refractivity contribution >= 4 is 11.7 Å². The van der Waals surface area contributed by atoms with E-state index in [9.17, 15) is 9.90 Å². The highest BCUT2D eigenvalue weighted by Gasteiger charge is 2.18. The van der Waals surface area contributed by atoms with Gasteiger partial charge in [0.25, 0.3) is 5.91 Å². The Kier molecular flexibility index (Phi) is 3.80. The monoisotopic (exact) mass is 208 g/mol. The number of rotatable bonds is 3. The number of hydrogen-bond donors (Lipinski definition) is 2. The number of amides is 1. The van der Waals surface area contributed by atoms with E-state index in [1.54, 1.807) is 26.1 Å². The van der Waals surface area contributed by atoms with Crippen molar-refractivity contribution < 1.29 is 9.90 Å². The lowest BCUT2D eigenvalue weighted by Crippen LogP contribution is -2.32. The normalized spacial score (nSPS) is 12.6. The Morgan fingerprint density at radius 3 is 2.60 bits per heavy atom. The molecule has 1 aromatic rings. The SMILES string of the molecule is Cc1ccc(NC(=O)[C@@H](O)C(C)C)nc1. The van der Waals surface area contributed by atoms with Crippen LogP contribution in [0, 0.1) is 12.8 Å². The summed E-state index contributed by atoms with van der Waals surface area (Å²) < 4.78 is 0. The van der Waals surface area contributed by atoms with Crippen LogP contribution in [-0.2, 0) is 4.79 Å². The van der Waals surface area contributed by atoms with Gasteiger partial charge in [0, 0.05) is 6.20 Å². The number of nitrogens with zero attached hydrogens (tertiary/aromatic N) is 1. The third kappa shape index (κ3) is 3.32. The first-order valence-corrected chi connectivity index (χ1v) is 4.92. The van der Waals surface area contributed by atoms with Gasteiger partial charge in [0.05, 0.1) is 0 Å². The maximum Gasteiger partial charge on any atom is 0.254 e. The Labute approximate surface area is 89.3 Å². The van der Waals surface area contributed by atoms with Crippen LogP contribution in [0.15, 0.2) is 18.3 Å². The predicted molar refractivity (Wildman–Crippen MR) is 58.4 cm³/mol. The van der Waals surface area contributed by atoms with Gasteiger partial charge in [-0.2, -0.15) is 0 Å². The summed E-state index contributed by atoms with van der Waals surface area (Å²) >= 11 is 0. The minimum atomic E-state index is -0.992. The molecular weight excluding hydrogens is 192 g/mol. The maximum atomic E-state index is 11.4. The first-order valence-electron chi connectivity index (χ1n) is 4.92. The van der Waals surface area contributed by atoms with Gasteiger partial charge in [0.2, 0.25) is 0 Å². The van der Waals surface area contributed by atoms with Gasteiger partial charge in [0.15, 0.2) is 0 Å². The second-order valence-electron chi connectivity index (χ2n) is 3.90. The zero-order valence-corrected chi connectivity index (χ0v) is 9.19. The van der Waals surface area contributed by atoms with Crippen LogP contribution in [0.4, 0.5) is 5.82 Å². The van der Waals surface area contributed by atoms with Crippen LogP contribution >= 0.6 is 0 Å². The second-order valence-corrected chi connectivity index (χ2v) is 3.90. The van der Waals surface area contributed by atoms with Crippen molar-refractivity contribution in [2.45, 2.75) is 26.9 Å². The zero-order chi connectivity index (χ0) is 11.4. The number of hydrogen-bond acceptors (Lipinski definition) is 3. The number of anilines is 1. The molecule has 15 heavy (non-hydrogen) atoms. The smallest absolute Gasteiger partial charge is 0.254 e. The summed E-state index contributed by atoms with van der Waals surface area (Å²) in [5.41, 5.74) is 1.03. The Morgan fingerprint density at radius 2 is 2.13 bits per heavy atom. The van der Waals surface area contributed by atoms with Crippen molar-refractivity contribution in [1.29, 1.82) is 0 Å². The molecule has 0 aliphatic rings. The number of pyridine rings is 1. The Morgan fingerprint density at radius 1 is 1.47 bits per heavy atom. The topological polar surface area (TPSA) is 62.2 Å². The molecule has 4 heteroatoms. The highest BCUT2D eigenvalue weighted by Crippen LogP contribution is 2.07. The molecular formula is C11H16N2O2. The highest BCUT2D eigenvalue weighted by atomic mass is 16.3. The van der Waals surface area contributed by atoms with Crippen LogP contribution in [0.5, 0.6) is 0 Å². The Bertz CT molecular complexity index is 333. The van der Waals surface area contributed by atoms with E-state index in [0.717, 1.165) is 5.56 Å². The molecule has 0 spiro atoms. The number of aliphatic hydroxyl groups excluding tert-OH is 1. The lowest BCUT2D eigenvalue weighted by molar-refractivity contribution is -0.125. The summed E-state index contributed by atoms with van der Waals surface area (Å²) in [5.74, 6) is -0.0536. The van der Waals surface area contributed by atoms with E-state index in [4.69, 9.17) is 0 Å². The Balaban J connectivity index is 2.62. The number of carbonyl (C=O) groups is 1. The van der Waals surface area contributed by atoms with E-state index in [-0.39, 0.29) is 5.92 Å². The van der Waals surface area contributed by atoms with Crippen LogP contribution in [0.25, 0.3) is 0 Å². The van der Waals surface area contributed by atoms with E-state index < -0.39 is 12.0 Å². The molecule has 0 saturated heterocycles. The molecule has 0 unspecified atom stereocenters. The number of aliphatic hydroxyl groups is 1. The Hall–Kier alpha value is -1.42. The number of aromatic nitrogens is 1. The van der Waals surface area contributed by atoms with Gasteiger partial charge >= 0.3 is 0 Å². The van der Waals surface area contributed by atoms with Crippen LogP contribution < -0.4 is 5.32 Å². The fourth-order valence-corrected chi connectivity index (χ4v) is 1.04. The molecule has 1 atom stereocenters. The summed E-state index contributed by atoms with van der Waals surface area (Å²) in [6.07, 6.45) is 0.672. The first kappa shape index (κ1) is 11.7. The van der Waals surface area contributed by atoms with Crippen molar-refractivity contribution in [2.24, 2.45) is 5.92 Å². The molecule has 82 valence electrons. The molecule has 0 aliphatic heterocycles. The predicted octanol–water partition coefficient (Wildman–Crippen LogP) is 1.35. The summed E-state index contributed by atoms with van der Waals surface area (Å²) in [6.45, 7) is 5.49. The largest absolute Gasteiger partial charge is 0.383 e. The van der Waals surface area contributed by atoms with E-state index in [0.29, 0.717) is 5.82 Å². The van der Waals surface area contributed by atoms with Crippen molar-refractivity contribution in [3.05, 3.63) is 23.9 Å². The fourth-order valence-electron chi connectivity index (χ4n) is 1.04. The number of nitrogens with one attached hydrogen (secondary N) is 1. The summed E-state index contributed by atoms with van der Waals surface area (Å²) in [6, 6.07) is 3.56. The molecule has 1 aromatic heterocycles. The highest BCUT2D eigenvalue weighted by molar-refractivity contribution is 5.93. The van der Waals surface area contributed by atoms with Gasteiger partial charge in [0.1, 0.15) is 11.9 Å². The van der Waals surface area contributed by atoms with Gasteiger partial charge in [-0.25, -0.2) is 4.98 Å². The molecule has 0 bridgehead atoms. The molecule has 1 amide bonds. The molecule has 1 rings (SSSR count). The lowest BCUT2D eigenvalue weighted by atomic mass is 10.1. The second kappa shape index (κ2) is 4.89. The zero-order valence-electron chi connectivity index (χ0n) is 9.19. The van der Waals surface area contributed by atoms with Crippen LogP contribution in [0.1, 0.15) is 19.4 Å². The van der Waals surface area contributed by atoms with Crippen LogP contribution in [-0.4, -0.2) is 22.1 Å². The van der Waals surface area contributed by atoms with E-state index >= 15 is 0 Å². The first-order chi connectivity index (χ1) is 7.00. The van der Waals surface area contributed by atoms with Crippen molar-refractivity contribution in [2.75, 3.05) is 5.32 Å². The van der Waals surface area contributed by atoms with Gasteiger partial charge < -0.3 is 10.4 Å². The van der Waals surface area contributed by atoms with Crippen molar-refractivity contribution in [1.82, 2.24) is 4.98 Å². The molecule has 0 saturated carbocycles. The molecule has 2 N–H and O–H groups in total. The maximum absolute atomic E-state index is 11.4. The third-order valence-electron chi connectivity index (χ3n) is 2.06. The summed E-state index contributed by atoms with van der Waals surface area (Å²) in [5, 5.41) is 12.0. The van der Waals surface area contributed by atoms with Crippen molar-refractivity contribution in [3.63, 3.8) is 0 Å². The molecule has 0 radical (unpaired) electrons. The third-order valence-corrected chi connectivity index (χ3v) is 2.06. The van der Waals surface area contributed by atoms with Crippen molar-refractivity contribution in [3.8, 4) is 0 Å². The minimum absolute atomic E-state index is 0.101. The molecule has 4 nitrogen and oxygen atoms in total. The summed E-state index contributed by atoms with van der Waals surface area (Å²) in [7, 11) is 0. The number of carbonyl (C=O) groups excluding carboxylic acids is 1. The fraction of sp³-hybridized carbons (Fsp3) is 0.455. The minimum Gasteiger partial charge on any atom is -0.383 e. The van der Waals surface area contributed by atoms with E-state index in [2.05, 4.69) is 10.3 Å². The van der Waals surface area contributed by atoms with Crippen LogP contribution in [0.2, 0.25) is 0 Å². The average Bonchev–Trinajstić information content (AvgIpc) is 2.20. The number of aryl methyl sites for hydroxylation is 1. The quantitative estimate of drug-likeness (QED) is 0.788. The molecule has 0 fully saturated rings. The standard InChI is InChI=1S/C11H16N2O2/c1-7(2)10(14)11(15)13-9-5-4-8(3)6-12-9/h4-7,10,14H,1-3H3,(H,12,13,15)/t10-/m0/s1. The van der Waals surface area contributed by atoms with Gasteiger partial charge in [-0.3, -0.25) is 4.79 Å². The van der Waals surface area contributed by atoms with Crippen LogP contribution in [0.3, 0.4) is 0 Å². The van der Waals surface area contributed by atoms with Gasteiger partial charge in [-0.15, -0.1) is 0 Å².